The molecular formula is C9H21N3O3S. The summed E-state index contributed by atoms with van der Waals surface area (Å²) in [5.74, 6) is -0.349. The predicted octanol–water partition coefficient (Wildman–Crippen LogP) is -0.314. The van der Waals surface area contributed by atoms with Crippen LogP contribution in [0.4, 0.5) is 0 Å². The molecule has 0 radical (unpaired) electrons. The van der Waals surface area contributed by atoms with Crippen molar-refractivity contribution < 1.29 is 13.2 Å². The Labute approximate surface area is 97.6 Å². The van der Waals surface area contributed by atoms with Crippen molar-refractivity contribution in [1.29, 1.82) is 0 Å². The number of carbonyl (C=O) groups excluding carboxylic acids is 1. The average molecular weight is 251 g/mol. The fourth-order valence-electron chi connectivity index (χ4n) is 0.860. The molecule has 1 unspecified atom stereocenters. The maximum atomic E-state index is 11.6. The summed E-state index contributed by atoms with van der Waals surface area (Å²) in [4.78, 5) is 11.6. The summed E-state index contributed by atoms with van der Waals surface area (Å²) in [5.41, 5.74) is -0.380. The molecule has 0 aromatic carbocycles. The van der Waals surface area contributed by atoms with Gasteiger partial charge in [0, 0.05) is 19.6 Å². The summed E-state index contributed by atoms with van der Waals surface area (Å²) in [6.07, 6.45) is 0. The molecule has 0 bridgehead atoms. The van der Waals surface area contributed by atoms with Gasteiger partial charge in [-0.25, -0.2) is 0 Å². The number of carbonyl (C=O) groups is 1. The van der Waals surface area contributed by atoms with Gasteiger partial charge in [-0.3, -0.25) is 4.79 Å². The van der Waals surface area contributed by atoms with E-state index in [0.717, 1.165) is 4.31 Å². The summed E-state index contributed by atoms with van der Waals surface area (Å²) >= 11 is 0. The van der Waals surface area contributed by atoms with Gasteiger partial charge in [0.1, 0.15) is 0 Å². The molecule has 0 spiro atoms. The highest BCUT2D eigenvalue weighted by molar-refractivity contribution is 7.87. The lowest BCUT2D eigenvalue weighted by atomic mass is 10.1. The van der Waals surface area contributed by atoms with Gasteiger partial charge < -0.3 is 5.32 Å². The third kappa shape index (κ3) is 5.43. The van der Waals surface area contributed by atoms with Crippen LogP contribution in [-0.4, -0.2) is 44.3 Å². The lowest BCUT2D eigenvalue weighted by Crippen LogP contribution is -2.52. The maximum absolute atomic E-state index is 11.6. The minimum absolute atomic E-state index is 0.349. The Kier molecular flexibility index (Phi) is 4.90. The van der Waals surface area contributed by atoms with Crippen LogP contribution >= 0.6 is 0 Å². The Hall–Kier alpha value is -0.660. The minimum Gasteiger partial charge on any atom is -0.350 e. The second-order valence-corrected chi connectivity index (χ2v) is 6.78. The van der Waals surface area contributed by atoms with E-state index >= 15 is 0 Å². The average Bonchev–Trinajstić information content (AvgIpc) is 1.99. The summed E-state index contributed by atoms with van der Waals surface area (Å²) in [6, 6.07) is -0.799. The Balaban J connectivity index is 4.50. The van der Waals surface area contributed by atoms with Crippen LogP contribution in [0.5, 0.6) is 0 Å². The van der Waals surface area contributed by atoms with Crippen LogP contribution < -0.4 is 10.0 Å². The molecule has 0 aliphatic carbocycles. The number of hydrogen-bond donors (Lipinski definition) is 2. The molecular weight excluding hydrogens is 230 g/mol. The lowest BCUT2D eigenvalue weighted by molar-refractivity contribution is -0.123. The van der Waals surface area contributed by atoms with Crippen LogP contribution in [0.25, 0.3) is 0 Å². The van der Waals surface area contributed by atoms with Crippen LogP contribution in [0, 0.1) is 0 Å². The molecule has 0 fully saturated rings. The number of amides is 1. The molecule has 0 rings (SSSR count). The molecule has 0 saturated heterocycles. The molecule has 0 aromatic rings. The predicted molar refractivity (Wildman–Crippen MR) is 63.1 cm³/mol. The van der Waals surface area contributed by atoms with Gasteiger partial charge in [0.15, 0.2) is 0 Å². The van der Waals surface area contributed by atoms with Crippen LogP contribution in [0.15, 0.2) is 0 Å². The highest BCUT2D eigenvalue weighted by Crippen LogP contribution is 2.00. The minimum atomic E-state index is -3.58. The Morgan fingerprint density at radius 3 is 2.00 bits per heavy atom. The lowest BCUT2D eigenvalue weighted by Gasteiger charge is -2.24. The normalized spacial score (nSPS) is 14.9. The molecule has 0 saturated carbocycles. The van der Waals surface area contributed by atoms with Gasteiger partial charge in [-0.05, 0) is 27.7 Å². The van der Waals surface area contributed by atoms with E-state index in [-0.39, 0.29) is 11.4 Å². The molecule has 96 valence electrons. The monoisotopic (exact) mass is 251 g/mol. The van der Waals surface area contributed by atoms with Gasteiger partial charge in [-0.2, -0.15) is 17.4 Å². The first kappa shape index (κ1) is 15.3. The highest BCUT2D eigenvalue weighted by Gasteiger charge is 2.24. The van der Waals surface area contributed by atoms with Crippen LogP contribution in [0.1, 0.15) is 27.7 Å². The van der Waals surface area contributed by atoms with Crippen LogP contribution in [0.2, 0.25) is 0 Å². The van der Waals surface area contributed by atoms with Crippen molar-refractivity contribution in [3.8, 4) is 0 Å². The van der Waals surface area contributed by atoms with E-state index in [4.69, 9.17) is 0 Å². The van der Waals surface area contributed by atoms with Crippen molar-refractivity contribution in [2.75, 3.05) is 14.1 Å². The van der Waals surface area contributed by atoms with Crippen molar-refractivity contribution in [2.24, 2.45) is 0 Å². The third-order valence-corrected chi connectivity index (χ3v) is 3.31. The van der Waals surface area contributed by atoms with Gasteiger partial charge in [0.2, 0.25) is 5.91 Å². The van der Waals surface area contributed by atoms with E-state index in [9.17, 15) is 13.2 Å². The van der Waals surface area contributed by atoms with Crippen LogP contribution in [-0.2, 0) is 15.0 Å². The first-order valence-electron chi connectivity index (χ1n) is 4.97. The quantitative estimate of drug-likeness (QED) is 0.719. The number of nitrogens with zero attached hydrogens (tertiary/aromatic N) is 1. The third-order valence-electron chi connectivity index (χ3n) is 1.70. The van der Waals surface area contributed by atoms with Crippen molar-refractivity contribution in [3.63, 3.8) is 0 Å². The van der Waals surface area contributed by atoms with E-state index < -0.39 is 16.3 Å². The van der Waals surface area contributed by atoms with E-state index in [0.29, 0.717) is 0 Å². The molecule has 7 heteroatoms. The van der Waals surface area contributed by atoms with Crippen molar-refractivity contribution >= 4 is 16.1 Å². The molecule has 0 aliphatic heterocycles. The Morgan fingerprint density at radius 1 is 1.25 bits per heavy atom. The molecule has 1 atom stereocenters. The fraction of sp³-hybridized carbons (Fsp3) is 0.889. The molecule has 2 N–H and O–H groups in total. The highest BCUT2D eigenvalue weighted by atomic mass is 32.2. The summed E-state index contributed by atoms with van der Waals surface area (Å²) < 4.78 is 26.2. The van der Waals surface area contributed by atoms with Crippen molar-refractivity contribution in [3.05, 3.63) is 0 Å². The Morgan fingerprint density at radius 2 is 1.69 bits per heavy atom. The first-order valence-corrected chi connectivity index (χ1v) is 6.41. The maximum Gasteiger partial charge on any atom is 0.279 e. The molecule has 16 heavy (non-hydrogen) atoms. The van der Waals surface area contributed by atoms with Gasteiger partial charge in [-0.1, -0.05) is 0 Å². The van der Waals surface area contributed by atoms with Gasteiger partial charge in [0.05, 0.1) is 6.04 Å². The van der Waals surface area contributed by atoms with E-state index in [1.165, 1.54) is 21.0 Å². The summed E-state index contributed by atoms with van der Waals surface area (Å²) in [7, 11) is -0.776. The largest absolute Gasteiger partial charge is 0.350 e. The Bertz CT molecular complexity index is 344. The van der Waals surface area contributed by atoms with Gasteiger partial charge >= 0.3 is 0 Å². The zero-order chi connectivity index (χ0) is 13.1. The second-order valence-electron chi connectivity index (χ2n) is 4.87. The molecule has 6 nitrogen and oxygen atoms in total. The number of rotatable bonds is 4. The topological polar surface area (TPSA) is 78.5 Å². The zero-order valence-corrected chi connectivity index (χ0v) is 11.5. The SMILES string of the molecule is CC(NS(=O)(=O)N(C)C)C(=O)NC(C)(C)C. The van der Waals surface area contributed by atoms with Crippen molar-refractivity contribution in [1.82, 2.24) is 14.3 Å². The molecule has 1 amide bonds. The fourth-order valence-corrected chi connectivity index (χ4v) is 1.62. The number of nitrogens with one attached hydrogen (secondary N) is 2. The standard InChI is InChI=1S/C9H21N3O3S/c1-7(8(13)10-9(2,3)4)11-16(14,15)12(5)6/h7,11H,1-6H3,(H,10,13). The first-order chi connectivity index (χ1) is 6.96. The zero-order valence-electron chi connectivity index (χ0n) is 10.7. The summed E-state index contributed by atoms with van der Waals surface area (Å²) in [6.45, 7) is 7.00. The smallest absolute Gasteiger partial charge is 0.279 e. The van der Waals surface area contributed by atoms with E-state index in [1.54, 1.807) is 0 Å². The molecule has 0 aliphatic rings. The molecule has 0 aromatic heterocycles. The van der Waals surface area contributed by atoms with E-state index in [1.807, 2.05) is 20.8 Å². The van der Waals surface area contributed by atoms with Crippen molar-refractivity contribution in [2.45, 2.75) is 39.3 Å². The van der Waals surface area contributed by atoms with E-state index in [2.05, 4.69) is 10.0 Å². The van der Waals surface area contributed by atoms with Crippen LogP contribution in [0.3, 0.4) is 0 Å². The van der Waals surface area contributed by atoms with Gasteiger partial charge in [0.25, 0.3) is 10.2 Å². The summed E-state index contributed by atoms with van der Waals surface area (Å²) in [5, 5.41) is 2.70. The van der Waals surface area contributed by atoms with Gasteiger partial charge in [-0.15, -0.1) is 0 Å². The second kappa shape index (κ2) is 5.11. The number of hydrogen-bond acceptors (Lipinski definition) is 3. The molecule has 0 heterocycles.